The molecule has 0 aliphatic heterocycles. The predicted octanol–water partition coefficient (Wildman–Crippen LogP) is 3.64. The maximum absolute atomic E-state index is 6.05. The normalized spacial score (nSPS) is 12.8. The number of hydrogen-bond donors (Lipinski definition) is 1. The lowest BCUT2D eigenvalue weighted by Gasteiger charge is -2.12. The maximum Gasteiger partial charge on any atom is 0.0306 e. The molecule has 2 N–H and O–H groups in total. The van der Waals surface area contributed by atoms with E-state index in [1.54, 1.807) is 0 Å². The minimum absolute atomic E-state index is 0.176. The molecule has 0 heterocycles. The number of hydrogen-bond acceptors (Lipinski definition) is 1. The Morgan fingerprint density at radius 3 is 2.69 bits per heavy atom. The highest BCUT2D eigenvalue weighted by Crippen LogP contribution is 2.24. The number of rotatable bonds is 4. The molecule has 0 aliphatic carbocycles. The van der Waals surface area contributed by atoms with Crippen LogP contribution in [0.1, 0.15) is 37.8 Å². The lowest BCUT2D eigenvalue weighted by molar-refractivity contribution is 0.601. The summed E-state index contributed by atoms with van der Waals surface area (Å²) in [6, 6.07) is 8.35. The minimum Gasteiger partial charge on any atom is -0.324 e. The second-order valence-corrected chi connectivity index (χ2v) is 4.12. The Morgan fingerprint density at radius 2 is 2.08 bits per heavy atom. The Hall–Kier alpha value is -0.340. The fourth-order valence-corrected chi connectivity index (χ4v) is 1.93. The highest BCUT2D eigenvalue weighted by atomic mass is 79.9. The minimum atomic E-state index is 0.176. The van der Waals surface area contributed by atoms with Crippen LogP contribution in [-0.4, -0.2) is 0 Å². The van der Waals surface area contributed by atoms with E-state index < -0.39 is 0 Å². The van der Waals surface area contributed by atoms with E-state index in [9.17, 15) is 0 Å². The molecule has 1 aromatic carbocycles. The summed E-state index contributed by atoms with van der Waals surface area (Å²) in [5, 5.41) is 0. The summed E-state index contributed by atoms with van der Waals surface area (Å²) in [5.74, 6) is 0. The van der Waals surface area contributed by atoms with Crippen molar-refractivity contribution in [3.63, 3.8) is 0 Å². The molecule has 1 rings (SSSR count). The van der Waals surface area contributed by atoms with E-state index in [4.69, 9.17) is 5.73 Å². The van der Waals surface area contributed by atoms with Crippen LogP contribution in [0.15, 0.2) is 28.7 Å². The van der Waals surface area contributed by atoms with Crippen molar-refractivity contribution in [2.24, 2.45) is 5.73 Å². The third-order valence-electron chi connectivity index (χ3n) is 2.17. The maximum atomic E-state index is 6.05. The van der Waals surface area contributed by atoms with Crippen molar-refractivity contribution >= 4 is 15.9 Å². The zero-order valence-electron chi connectivity index (χ0n) is 7.96. The van der Waals surface area contributed by atoms with Gasteiger partial charge >= 0.3 is 0 Å². The quantitative estimate of drug-likeness (QED) is 0.856. The van der Waals surface area contributed by atoms with Gasteiger partial charge in [-0.2, -0.15) is 0 Å². The fourth-order valence-electron chi connectivity index (χ4n) is 1.36. The Bertz CT molecular complexity index is 260. The molecule has 1 aromatic rings. The van der Waals surface area contributed by atoms with Crippen LogP contribution in [-0.2, 0) is 0 Å². The topological polar surface area (TPSA) is 26.0 Å². The second kappa shape index (κ2) is 5.40. The van der Waals surface area contributed by atoms with Gasteiger partial charge in [0.25, 0.3) is 0 Å². The molecule has 0 aromatic heterocycles. The summed E-state index contributed by atoms with van der Waals surface area (Å²) < 4.78 is 1.12. The van der Waals surface area contributed by atoms with Gasteiger partial charge in [0, 0.05) is 10.5 Å². The van der Waals surface area contributed by atoms with Gasteiger partial charge in [-0.3, -0.25) is 0 Å². The zero-order chi connectivity index (χ0) is 9.68. The van der Waals surface area contributed by atoms with Gasteiger partial charge in [-0.1, -0.05) is 53.9 Å². The molecule has 0 saturated carbocycles. The van der Waals surface area contributed by atoms with Gasteiger partial charge in [-0.25, -0.2) is 0 Å². The van der Waals surface area contributed by atoms with Crippen LogP contribution >= 0.6 is 15.9 Å². The van der Waals surface area contributed by atoms with E-state index in [0.29, 0.717) is 0 Å². The first-order valence-electron chi connectivity index (χ1n) is 4.75. The van der Waals surface area contributed by atoms with E-state index in [1.165, 1.54) is 18.4 Å². The molecule has 0 amide bonds. The highest BCUT2D eigenvalue weighted by molar-refractivity contribution is 9.10. The lowest BCUT2D eigenvalue weighted by atomic mass is 10.0. The first-order valence-corrected chi connectivity index (χ1v) is 5.55. The Morgan fingerprint density at radius 1 is 1.38 bits per heavy atom. The van der Waals surface area contributed by atoms with Gasteiger partial charge in [0.15, 0.2) is 0 Å². The molecule has 1 unspecified atom stereocenters. The smallest absolute Gasteiger partial charge is 0.0306 e. The van der Waals surface area contributed by atoms with Crippen molar-refractivity contribution in [1.29, 1.82) is 0 Å². The summed E-state index contributed by atoms with van der Waals surface area (Å²) in [4.78, 5) is 0. The van der Waals surface area contributed by atoms with Gasteiger partial charge in [-0.15, -0.1) is 0 Å². The van der Waals surface area contributed by atoms with Crippen LogP contribution in [0.4, 0.5) is 0 Å². The van der Waals surface area contributed by atoms with Crippen molar-refractivity contribution in [1.82, 2.24) is 0 Å². The first kappa shape index (κ1) is 10.7. The van der Waals surface area contributed by atoms with Crippen molar-refractivity contribution in [3.8, 4) is 0 Å². The Kier molecular flexibility index (Phi) is 4.46. The number of nitrogens with two attached hydrogens (primary N) is 1. The third-order valence-corrected chi connectivity index (χ3v) is 2.90. The molecule has 13 heavy (non-hydrogen) atoms. The van der Waals surface area contributed by atoms with Crippen LogP contribution in [0.5, 0.6) is 0 Å². The van der Waals surface area contributed by atoms with Crippen molar-refractivity contribution in [2.75, 3.05) is 0 Å². The van der Waals surface area contributed by atoms with Crippen molar-refractivity contribution in [3.05, 3.63) is 34.3 Å². The van der Waals surface area contributed by atoms with Gasteiger partial charge in [0.05, 0.1) is 0 Å². The average molecular weight is 242 g/mol. The van der Waals surface area contributed by atoms with E-state index in [2.05, 4.69) is 28.9 Å². The van der Waals surface area contributed by atoms with Crippen molar-refractivity contribution < 1.29 is 0 Å². The van der Waals surface area contributed by atoms with E-state index in [0.717, 1.165) is 10.9 Å². The second-order valence-electron chi connectivity index (χ2n) is 3.27. The standard InChI is InChI=1S/C11H16BrN/c1-2-3-8-11(13)9-6-4-5-7-10(9)12/h4-7,11H,2-3,8,13H2,1H3. The van der Waals surface area contributed by atoms with Crippen LogP contribution in [0, 0.1) is 0 Å². The molecular weight excluding hydrogens is 226 g/mol. The number of benzene rings is 1. The average Bonchev–Trinajstić information content (AvgIpc) is 2.15. The van der Waals surface area contributed by atoms with Crippen LogP contribution in [0.3, 0.4) is 0 Å². The zero-order valence-corrected chi connectivity index (χ0v) is 9.55. The van der Waals surface area contributed by atoms with Gasteiger partial charge < -0.3 is 5.73 Å². The van der Waals surface area contributed by atoms with Crippen LogP contribution in [0.25, 0.3) is 0 Å². The molecule has 0 saturated heterocycles. The van der Waals surface area contributed by atoms with Crippen LogP contribution in [0.2, 0.25) is 0 Å². The molecule has 2 heteroatoms. The fraction of sp³-hybridized carbons (Fsp3) is 0.455. The number of unbranched alkanes of at least 4 members (excludes halogenated alkanes) is 1. The van der Waals surface area contributed by atoms with E-state index >= 15 is 0 Å². The number of halogens is 1. The molecule has 1 atom stereocenters. The monoisotopic (exact) mass is 241 g/mol. The highest BCUT2D eigenvalue weighted by Gasteiger charge is 2.07. The predicted molar refractivity (Wildman–Crippen MR) is 60.6 cm³/mol. The molecule has 1 nitrogen and oxygen atoms in total. The summed E-state index contributed by atoms with van der Waals surface area (Å²) in [7, 11) is 0. The van der Waals surface area contributed by atoms with Crippen molar-refractivity contribution in [2.45, 2.75) is 32.2 Å². The van der Waals surface area contributed by atoms with Gasteiger partial charge in [0.1, 0.15) is 0 Å². The molecule has 0 fully saturated rings. The summed E-state index contributed by atoms with van der Waals surface area (Å²) in [6.45, 7) is 2.19. The Labute approximate surface area is 88.5 Å². The molecule has 0 bridgehead atoms. The van der Waals surface area contributed by atoms with Gasteiger partial charge in [0.2, 0.25) is 0 Å². The van der Waals surface area contributed by atoms with Crippen LogP contribution < -0.4 is 5.73 Å². The van der Waals surface area contributed by atoms with Gasteiger partial charge in [-0.05, 0) is 18.1 Å². The lowest BCUT2D eigenvalue weighted by Crippen LogP contribution is -2.10. The molecule has 0 aliphatic rings. The Balaban J connectivity index is 2.65. The molecule has 0 radical (unpaired) electrons. The first-order chi connectivity index (χ1) is 6.25. The SMILES string of the molecule is CCCCC(N)c1ccccc1Br. The molecular formula is C11H16BrN. The molecule has 0 spiro atoms. The summed E-state index contributed by atoms with van der Waals surface area (Å²) in [6.07, 6.45) is 3.47. The van der Waals surface area contributed by atoms with E-state index in [-0.39, 0.29) is 6.04 Å². The summed E-state index contributed by atoms with van der Waals surface area (Å²) >= 11 is 3.51. The molecule has 72 valence electrons. The third kappa shape index (κ3) is 3.12. The summed E-state index contributed by atoms with van der Waals surface area (Å²) in [5.41, 5.74) is 7.27. The largest absolute Gasteiger partial charge is 0.324 e. The van der Waals surface area contributed by atoms with E-state index in [1.807, 2.05) is 18.2 Å².